The van der Waals surface area contributed by atoms with Crippen LogP contribution in [-0.2, 0) is 18.3 Å². The predicted molar refractivity (Wildman–Crippen MR) is 101 cm³/mol. The number of carbonyl (C=O) groups is 1. The Balaban J connectivity index is 1.24. The summed E-state index contributed by atoms with van der Waals surface area (Å²) in [5, 5.41) is 4.88. The van der Waals surface area contributed by atoms with Crippen LogP contribution < -0.4 is 5.73 Å². The standard InChI is InChI=1S/C17H22ClN4O5P/c18-12-3-1-2-11(8-12)14-6-7-24-28(27-14)25-9-13-4-5-15(26-13)22-10-20-17(21-22)16(19)23/h1-3,10-11,13-15H,4-9H2,(H2,19,23)/t11?,13-,14?,15+,28?/m0/s1. The van der Waals surface area contributed by atoms with Crippen molar-refractivity contribution in [1.82, 2.24) is 14.8 Å². The molecule has 0 bridgehead atoms. The second-order valence-corrected chi connectivity index (χ2v) is 8.51. The highest BCUT2D eigenvalue weighted by Gasteiger charge is 2.33. The third-order valence-electron chi connectivity index (χ3n) is 4.84. The number of nitrogens with zero attached hydrogens (tertiary/aromatic N) is 3. The van der Waals surface area contributed by atoms with E-state index < -0.39 is 14.5 Å². The second-order valence-electron chi connectivity index (χ2n) is 6.85. The fourth-order valence-electron chi connectivity index (χ4n) is 3.39. The maximum Gasteiger partial charge on any atom is 0.333 e. The average molecular weight is 429 g/mol. The number of hydrogen-bond donors (Lipinski definition) is 1. The van der Waals surface area contributed by atoms with Crippen molar-refractivity contribution in [2.24, 2.45) is 11.7 Å². The average Bonchev–Trinajstić information content (AvgIpc) is 3.36. The molecule has 3 unspecified atom stereocenters. The van der Waals surface area contributed by atoms with E-state index in [1.54, 1.807) is 0 Å². The van der Waals surface area contributed by atoms with E-state index in [0.717, 1.165) is 30.7 Å². The summed E-state index contributed by atoms with van der Waals surface area (Å²) >= 11 is 6.14. The Morgan fingerprint density at radius 1 is 1.43 bits per heavy atom. The number of rotatable bonds is 6. The summed E-state index contributed by atoms with van der Waals surface area (Å²) in [5.74, 6) is -0.437. The third-order valence-corrected chi connectivity index (χ3v) is 6.32. The molecule has 2 fully saturated rings. The highest BCUT2D eigenvalue weighted by molar-refractivity contribution is 7.41. The van der Waals surface area contributed by atoms with E-state index in [9.17, 15) is 4.79 Å². The van der Waals surface area contributed by atoms with E-state index in [1.165, 1.54) is 11.0 Å². The van der Waals surface area contributed by atoms with Crippen molar-refractivity contribution >= 4 is 26.1 Å². The molecule has 4 rings (SSSR count). The maximum absolute atomic E-state index is 11.1. The second kappa shape index (κ2) is 8.98. The number of allylic oxidation sites excluding steroid dienone is 3. The molecule has 28 heavy (non-hydrogen) atoms. The Morgan fingerprint density at radius 3 is 3.11 bits per heavy atom. The van der Waals surface area contributed by atoms with Gasteiger partial charge < -0.3 is 24.0 Å². The molecule has 0 aromatic carbocycles. The Kier molecular flexibility index (Phi) is 6.40. The summed E-state index contributed by atoms with van der Waals surface area (Å²) in [4.78, 5) is 15.0. The van der Waals surface area contributed by atoms with Crippen LogP contribution in [0.15, 0.2) is 29.6 Å². The molecule has 3 heterocycles. The van der Waals surface area contributed by atoms with Crippen LogP contribution in [0.1, 0.15) is 42.5 Å². The topological polar surface area (TPSA) is 111 Å². The predicted octanol–water partition coefficient (Wildman–Crippen LogP) is 2.80. The van der Waals surface area contributed by atoms with Gasteiger partial charge >= 0.3 is 8.60 Å². The van der Waals surface area contributed by atoms with Crippen LogP contribution in [0.4, 0.5) is 0 Å². The normalized spacial score (nSPS) is 33.0. The summed E-state index contributed by atoms with van der Waals surface area (Å²) < 4.78 is 25.0. The van der Waals surface area contributed by atoms with Crippen LogP contribution in [0, 0.1) is 5.92 Å². The molecule has 3 aliphatic rings. The van der Waals surface area contributed by atoms with E-state index in [0.29, 0.717) is 13.2 Å². The molecule has 1 aromatic rings. The van der Waals surface area contributed by atoms with Gasteiger partial charge in [0.15, 0.2) is 6.23 Å². The van der Waals surface area contributed by atoms with E-state index >= 15 is 0 Å². The van der Waals surface area contributed by atoms with Gasteiger partial charge in [-0.05, 0) is 31.8 Å². The van der Waals surface area contributed by atoms with Gasteiger partial charge in [0, 0.05) is 11.0 Å². The van der Waals surface area contributed by atoms with Crippen molar-refractivity contribution in [3.63, 3.8) is 0 Å². The number of amides is 1. The van der Waals surface area contributed by atoms with E-state index in [1.807, 2.05) is 12.2 Å². The Hall–Kier alpha value is -1.35. The summed E-state index contributed by atoms with van der Waals surface area (Å²) in [6.07, 6.45) is 10.2. The molecule has 1 aromatic heterocycles. The fourth-order valence-corrected chi connectivity index (χ4v) is 4.86. The maximum atomic E-state index is 11.1. The highest BCUT2D eigenvalue weighted by atomic mass is 35.5. The zero-order chi connectivity index (χ0) is 19.5. The third kappa shape index (κ3) is 4.79. The van der Waals surface area contributed by atoms with Crippen LogP contribution in [0.25, 0.3) is 0 Å². The molecular weight excluding hydrogens is 407 g/mol. The molecule has 11 heteroatoms. The van der Waals surface area contributed by atoms with Gasteiger partial charge in [-0.3, -0.25) is 4.79 Å². The van der Waals surface area contributed by atoms with Crippen molar-refractivity contribution in [1.29, 1.82) is 0 Å². The van der Waals surface area contributed by atoms with E-state index in [-0.39, 0.29) is 30.2 Å². The minimum atomic E-state index is -1.41. The molecule has 2 saturated heterocycles. The number of hydrogen-bond acceptors (Lipinski definition) is 7. The lowest BCUT2D eigenvalue weighted by atomic mass is 9.93. The van der Waals surface area contributed by atoms with Crippen molar-refractivity contribution in [2.45, 2.75) is 44.1 Å². The van der Waals surface area contributed by atoms with Gasteiger partial charge in [0.1, 0.15) is 6.33 Å². The van der Waals surface area contributed by atoms with Gasteiger partial charge in [0.05, 0.1) is 25.4 Å². The lowest BCUT2D eigenvalue weighted by Crippen LogP contribution is -2.28. The Morgan fingerprint density at radius 2 is 2.32 bits per heavy atom. The Labute approximate surface area is 168 Å². The monoisotopic (exact) mass is 428 g/mol. The van der Waals surface area contributed by atoms with Crippen molar-refractivity contribution in [3.8, 4) is 0 Å². The SMILES string of the molecule is NC(=O)c1ncn([C@H]2CC[C@@H](COP3OCCC(C4C=CC=C(Cl)C4)O3)O2)n1. The zero-order valence-electron chi connectivity index (χ0n) is 15.1. The number of primary amides is 1. The van der Waals surface area contributed by atoms with Crippen LogP contribution in [0.3, 0.4) is 0 Å². The number of aromatic nitrogens is 3. The van der Waals surface area contributed by atoms with Crippen molar-refractivity contribution in [2.75, 3.05) is 13.2 Å². The quantitative estimate of drug-likeness (QED) is 0.693. The molecule has 0 saturated carbocycles. The first-order valence-corrected chi connectivity index (χ1v) is 10.7. The van der Waals surface area contributed by atoms with E-state index in [4.69, 9.17) is 35.6 Å². The van der Waals surface area contributed by atoms with Gasteiger partial charge in [0.2, 0.25) is 5.82 Å². The molecule has 2 aliphatic heterocycles. The molecule has 2 N–H and O–H groups in total. The van der Waals surface area contributed by atoms with Crippen LogP contribution >= 0.6 is 20.2 Å². The lowest BCUT2D eigenvalue weighted by molar-refractivity contribution is -0.0340. The highest BCUT2D eigenvalue weighted by Crippen LogP contribution is 2.48. The summed E-state index contributed by atoms with van der Waals surface area (Å²) in [6.45, 7) is 0.971. The summed E-state index contributed by atoms with van der Waals surface area (Å²) in [5.41, 5.74) is 5.18. The van der Waals surface area contributed by atoms with Crippen molar-refractivity contribution < 1.29 is 23.1 Å². The minimum Gasteiger partial charge on any atom is -0.363 e. The van der Waals surface area contributed by atoms with Gasteiger partial charge in [-0.1, -0.05) is 23.8 Å². The molecule has 0 spiro atoms. The Bertz CT molecular complexity index is 772. The van der Waals surface area contributed by atoms with Crippen LogP contribution in [-0.4, -0.2) is 46.1 Å². The first kappa shape index (κ1) is 19.9. The first-order valence-electron chi connectivity index (χ1n) is 9.20. The fraction of sp³-hybridized carbons (Fsp3) is 0.588. The number of carbonyl (C=O) groups excluding carboxylic acids is 1. The molecular formula is C17H22ClN4O5P. The number of nitrogens with two attached hydrogens (primary N) is 1. The van der Waals surface area contributed by atoms with Crippen LogP contribution in [0.5, 0.6) is 0 Å². The van der Waals surface area contributed by atoms with Gasteiger partial charge in [-0.15, -0.1) is 5.10 Å². The number of ether oxygens (including phenoxy) is 1. The largest absolute Gasteiger partial charge is 0.363 e. The molecule has 9 nitrogen and oxygen atoms in total. The summed E-state index contributed by atoms with van der Waals surface area (Å²) in [6, 6.07) is 0. The first-order chi connectivity index (χ1) is 13.6. The van der Waals surface area contributed by atoms with Crippen molar-refractivity contribution in [3.05, 3.63) is 35.4 Å². The van der Waals surface area contributed by atoms with Gasteiger partial charge in [0.25, 0.3) is 5.91 Å². The van der Waals surface area contributed by atoms with Gasteiger partial charge in [-0.2, -0.15) is 0 Å². The number of halogens is 1. The lowest BCUT2D eigenvalue weighted by Gasteiger charge is -2.33. The van der Waals surface area contributed by atoms with Gasteiger partial charge in [-0.25, -0.2) is 9.67 Å². The van der Waals surface area contributed by atoms with E-state index in [2.05, 4.69) is 16.2 Å². The molecule has 152 valence electrons. The zero-order valence-corrected chi connectivity index (χ0v) is 16.8. The molecule has 0 radical (unpaired) electrons. The van der Waals surface area contributed by atoms with Crippen LogP contribution in [0.2, 0.25) is 0 Å². The smallest absolute Gasteiger partial charge is 0.333 e. The summed E-state index contributed by atoms with van der Waals surface area (Å²) in [7, 11) is -1.41. The molecule has 5 atom stereocenters. The molecule has 1 aliphatic carbocycles. The minimum absolute atomic E-state index is 0.0199. The molecule has 1 amide bonds.